The number of nitrogens with zero attached hydrogens (tertiary/aromatic N) is 1. The summed E-state index contributed by atoms with van der Waals surface area (Å²) in [6.45, 7) is 6.43. The molecule has 2 rings (SSSR count). The lowest BCUT2D eigenvalue weighted by atomic mass is 10.2. The van der Waals surface area contributed by atoms with Crippen LogP contribution in [0.4, 0.5) is 5.69 Å². The zero-order valence-corrected chi connectivity index (χ0v) is 11.4. The van der Waals surface area contributed by atoms with Gasteiger partial charge in [-0.15, -0.1) is 0 Å². The summed E-state index contributed by atoms with van der Waals surface area (Å²) in [7, 11) is 0. The molecule has 0 aliphatic rings. The molecule has 1 aromatic heterocycles. The maximum absolute atomic E-state index is 5.81. The van der Waals surface area contributed by atoms with Crippen LogP contribution >= 0.6 is 0 Å². The number of para-hydroxylation sites is 1. The summed E-state index contributed by atoms with van der Waals surface area (Å²) in [4.78, 5) is 4.30. The Morgan fingerprint density at radius 1 is 1.26 bits per heavy atom. The first-order valence-corrected chi connectivity index (χ1v) is 6.46. The predicted octanol–water partition coefficient (Wildman–Crippen LogP) is 2.60. The summed E-state index contributed by atoms with van der Waals surface area (Å²) in [6, 6.07) is 5.48. The minimum atomic E-state index is 0.332. The average molecular weight is 264 g/mol. The quantitative estimate of drug-likeness (QED) is 0.615. The molecule has 1 aromatic carbocycles. The van der Waals surface area contributed by atoms with Crippen LogP contribution in [0, 0.1) is 5.92 Å². The largest absolute Gasteiger partial charge is 0.438 e. The molecule has 0 unspecified atom stereocenters. The fraction of sp³-hybridized carbons (Fsp3) is 0.500. The van der Waals surface area contributed by atoms with Crippen molar-refractivity contribution in [2.24, 2.45) is 5.92 Å². The van der Waals surface area contributed by atoms with Gasteiger partial charge in [0.1, 0.15) is 12.1 Å². The zero-order valence-electron chi connectivity index (χ0n) is 11.4. The van der Waals surface area contributed by atoms with Gasteiger partial charge in [-0.2, -0.15) is 0 Å². The molecule has 0 saturated carbocycles. The van der Waals surface area contributed by atoms with E-state index in [1.165, 1.54) is 0 Å². The van der Waals surface area contributed by atoms with Gasteiger partial charge in [-0.05, 0) is 18.1 Å². The molecule has 0 aliphatic heterocycles. The molecular formula is C14H20N2O3. The number of oxazole rings is 1. The normalized spacial score (nSPS) is 11.5. The summed E-state index contributed by atoms with van der Waals surface area (Å²) in [5, 5.41) is 0. The topological polar surface area (TPSA) is 70.5 Å². The third-order valence-corrected chi connectivity index (χ3v) is 2.54. The van der Waals surface area contributed by atoms with E-state index in [-0.39, 0.29) is 0 Å². The van der Waals surface area contributed by atoms with Crippen molar-refractivity contribution >= 4 is 16.8 Å². The van der Waals surface area contributed by atoms with Gasteiger partial charge in [0.25, 0.3) is 0 Å². The molecular weight excluding hydrogens is 244 g/mol. The Balaban J connectivity index is 1.77. The van der Waals surface area contributed by atoms with Crippen molar-refractivity contribution in [3.05, 3.63) is 24.1 Å². The van der Waals surface area contributed by atoms with Crippen molar-refractivity contribution < 1.29 is 13.9 Å². The lowest BCUT2D eigenvalue weighted by molar-refractivity contribution is 0.0255. The first kappa shape index (κ1) is 13.8. The molecule has 0 amide bonds. The molecule has 0 spiro atoms. The number of fused-ring (bicyclic) bond motifs is 1. The summed E-state index contributed by atoms with van der Waals surface area (Å²) >= 11 is 0. The lowest BCUT2D eigenvalue weighted by Gasteiger charge is -2.06. The van der Waals surface area contributed by atoms with Gasteiger partial charge >= 0.3 is 0 Å². The fourth-order valence-corrected chi connectivity index (χ4v) is 1.67. The van der Waals surface area contributed by atoms with Gasteiger partial charge in [0, 0.05) is 6.61 Å². The van der Waals surface area contributed by atoms with Crippen LogP contribution in [0.3, 0.4) is 0 Å². The van der Waals surface area contributed by atoms with Gasteiger partial charge in [0.15, 0.2) is 5.58 Å². The number of ether oxygens (including phenoxy) is 2. The molecule has 19 heavy (non-hydrogen) atoms. The van der Waals surface area contributed by atoms with E-state index in [0.717, 1.165) is 6.61 Å². The lowest BCUT2D eigenvalue weighted by Crippen LogP contribution is -2.08. The Bertz CT molecular complexity index is 522. The first-order valence-electron chi connectivity index (χ1n) is 6.46. The highest BCUT2D eigenvalue weighted by molar-refractivity contribution is 5.85. The number of nitrogens with two attached hydrogens (primary N) is 1. The van der Waals surface area contributed by atoms with Gasteiger partial charge in [0.2, 0.25) is 5.89 Å². The van der Waals surface area contributed by atoms with Crippen LogP contribution in [0.2, 0.25) is 0 Å². The highest BCUT2D eigenvalue weighted by Crippen LogP contribution is 2.21. The van der Waals surface area contributed by atoms with Crippen LogP contribution in [-0.2, 0) is 16.1 Å². The van der Waals surface area contributed by atoms with Crippen LogP contribution in [-0.4, -0.2) is 24.8 Å². The monoisotopic (exact) mass is 264 g/mol. The fourth-order valence-electron chi connectivity index (χ4n) is 1.67. The maximum Gasteiger partial charge on any atom is 0.221 e. The average Bonchev–Trinajstić information content (AvgIpc) is 2.78. The Kier molecular flexibility index (Phi) is 4.76. The maximum atomic E-state index is 5.81. The summed E-state index contributed by atoms with van der Waals surface area (Å²) in [5.74, 6) is 1.08. The molecule has 0 radical (unpaired) electrons. The number of rotatable bonds is 7. The molecule has 2 aromatic rings. The van der Waals surface area contributed by atoms with E-state index in [9.17, 15) is 0 Å². The first-order chi connectivity index (χ1) is 9.16. The Labute approximate surface area is 112 Å². The van der Waals surface area contributed by atoms with Gasteiger partial charge in [-0.25, -0.2) is 4.98 Å². The van der Waals surface area contributed by atoms with Crippen molar-refractivity contribution in [3.63, 3.8) is 0 Å². The second-order valence-corrected chi connectivity index (χ2v) is 4.82. The Morgan fingerprint density at radius 3 is 2.79 bits per heavy atom. The molecule has 104 valence electrons. The summed E-state index contributed by atoms with van der Waals surface area (Å²) < 4.78 is 16.4. The third kappa shape index (κ3) is 3.94. The molecule has 0 saturated heterocycles. The van der Waals surface area contributed by atoms with E-state index in [2.05, 4.69) is 18.8 Å². The van der Waals surface area contributed by atoms with E-state index in [4.69, 9.17) is 19.6 Å². The second-order valence-electron chi connectivity index (χ2n) is 4.82. The van der Waals surface area contributed by atoms with Gasteiger partial charge < -0.3 is 19.6 Å². The van der Waals surface area contributed by atoms with Gasteiger partial charge in [-0.1, -0.05) is 19.9 Å². The van der Waals surface area contributed by atoms with Crippen molar-refractivity contribution in [2.75, 3.05) is 25.6 Å². The second kappa shape index (κ2) is 6.54. The SMILES string of the molecule is CC(C)COCCOCc1nc2c(N)cccc2o1. The van der Waals surface area contributed by atoms with Crippen LogP contribution in [0.25, 0.3) is 11.1 Å². The van der Waals surface area contributed by atoms with Crippen LogP contribution in [0.5, 0.6) is 0 Å². The van der Waals surface area contributed by atoms with Crippen LogP contribution in [0.1, 0.15) is 19.7 Å². The molecule has 2 N–H and O–H groups in total. The number of hydrogen-bond acceptors (Lipinski definition) is 5. The van der Waals surface area contributed by atoms with Crippen LogP contribution in [0.15, 0.2) is 22.6 Å². The molecule has 0 aliphatic carbocycles. The molecule has 0 bridgehead atoms. The van der Waals surface area contributed by atoms with Crippen LogP contribution < -0.4 is 5.73 Å². The van der Waals surface area contributed by atoms with E-state index < -0.39 is 0 Å². The van der Waals surface area contributed by atoms with E-state index in [0.29, 0.717) is 48.4 Å². The molecule has 1 heterocycles. The predicted molar refractivity (Wildman–Crippen MR) is 73.7 cm³/mol. The van der Waals surface area contributed by atoms with Crippen molar-refractivity contribution in [2.45, 2.75) is 20.5 Å². The molecule has 0 fully saturated rings. The molecule has 0 atom stereocenters. The van der Waals surface area contributed by atoms with E-state index in [1.54, 1.807) is 6.07 Å². The Hall–Kier alpha value is -1.59. The summed E-state index contributed by atoms with van der Waals surface area (Å²) in [6.07, 6.45) is 0. The Morgan fingerprint density at radius 2 is 2.05 bits per heavy atom. The molecule has 5 heteroatoms. The highest BCUT2D eigenvalue weighted by Gasteiger charge is 2.07. The number of nitrogen functional groups attached to an aromatic ring is 1. The van der Waals surface area contributed by atoms with Gasteiger partial charge in [-0.3, -0.25) is 0 Å². The van der Waals surface area contributed by atoms with Crippen molar-refractivity contribution in [3.8, 4) is 0 Å². The number of benzene rings is 1. The molecule has 5 nitrogen and oxygen atoms in total. The van der Waals surface area contributed by atoms with Gasteiger partial charge in [0.05, 0.1) is 18.9 Å². The number of aromatic nitrogens is 1. The standard InChI is InChI=1S/C14H20N2O3/c1-10(2)8-17-6-7-18-9-13-16-14-11(15)4-3-5-12(14)19-13/h3-5,10H,6-9,15H2,1-2H3. The number of hydrogen-bond donors (Lipinski definition) is 1. The smallest absolute Gasteiger partial charge is 0.221 e. The highest BCUT2D eigenvalue weighted by atomic mass is 16.5. The third-order valence-electron chi connectivity index (χ3n) is 2.54. The zero-order chi connectivity index (χ0) is 13.7. The van der Waals surface area contributed by atoms with Crippen molar-refractivity contribution in [1.29, 1.82) is 0 Å². The van der Waals surface area contributed by atoms with E-state index >= 15 is 0 Å². The van der Waals surface area contributed by atoms with E-state index in [1.807, 2.05) is 12.1 Å². The minimum absolute atomic E-state index is 0.332. The number of anilines is 1. The van der Waals surface area contributed by atoms with Crippen molar-refractivity contribution in [1.82, 2.24) is 4.98 Å². The summed E-state index contributed by atoms with van der Waals surface area (Å²) in [5.41, 5.74) is 7.81. The minimum Gasteiger partial charge on any atom is -0.438 e.